The first-order valence-corrected chi connectivity index (χ1v) is 3.54. The third kappa shape index (κ3) is 0.640. The second kappa shape index (κ2) is 1.69. The summed E-state index contributed by atoms with van der Waals surface area (Å²) in [6.45, 7) is 0. The van der Waals surface area contributed by atoms with Gasteiger partial charge in [0.05, 0.1) is 0 Å². The van der Waals surface area contributed by atoms with Gasteiger partial charge in [0.1, 0.15) is 6.29 Å². The molecule has 3 atom stereocenters. The summed E-state index contributed by atoms with van der Waals surface area (Å²) in [5.41, 5.74) is 0. The van der Waals surface area contributed by atoms with E-state index in [1.807, 2.05) is 0 Å². The fourth-order valence-corrected chi connectivity index (χ4v) is 1.98. The molecule has 2 unspecified atom stereocenters. The van der Waals surface area contributed by atoms with Crippen LogP contribution in [0.3, 0.4) is 0 Å². The van der Waals surface area contributed by atoms with E-state index in [0.717, 1.165) is 18.6 Å². The first kappa shape index (κ1) is 5.21. The van der Waals surface area contributed by atoms with Crippen molar-refractivity contribution in [2.24, 2.45) is 17.8 Å². The van der Waals surface area contributed by atoms with Crippen LogP contribution in [0.25, 0.3) is 0 Å². The minimum absolute atomic E-state index is 0.361. The standard InChI is InChI=1S/C8H10O/c9-5-8-4-6-1-2-7(8)3-6/h1-2,5-8H,3-4H2/t6?,7?,8-/m1/s1. The Bertz CT molecular complexity index is 160. The smallest absolute Gasteiger partial charge is 0.123 e. The summed E-state index contributed by atoms with van der Waals surface area (Å²) in [6, 6.07) is 0. The van der Waals surface area contributed by atoms with Crippen LogP contribution in [-0.2, 0) is 4.79 Å². The van der Waals surface area contributed by atoms with E-state index >= 15 is 0 Å². The maximum absolute atomic E-state index is 10.4. The number of fused-ring (bicyclic) bond motifs is 2. The number of hydrogen-bond acceptors (Lipinski definition) is 1. The Morgan fingerprint density at radius 1 is 1.33 bits per heavy atom. The van der Waals surface area contributed by atoms with Gasteiger partial charge in [0.25, 0.3) is 0 Å². The van der Waals surface area contributed by atoms with E-state index in [1.54, 1.807) is 0 Å². The Balaban J connectivity index is 2.19. The lowest BCUT2D eigenvalue weighted by atomic mass is 9.95. The second-order valence-corrected chi connectivity index (χ2v) is 3.08. The van der Waals surface area contributed by atoms with Crippen LogP contribution in [-0.4, -0.2) is 6.29 Å². The summed E-state index contributed by atoms with van der Waals surface area (Å²) in [5, 5.41) is 0. The van der Waals surface area contributed by atoms with Crippen LogP contribution in [0, 0.1) is 17.8 Å². The second-order valence-electron chi connectivity index (χ2n) is 3.08. The van der Waals surface area contributed by atoms with Crippen LogP contribution >= 0.6 is 0 Å². The molecule has 1 heteroatoms. The van der Waals surface area contributed by atoms with Crippen molar-refractivity contribution in [3.05, 3.63) is 12.2 Å². The van der Waals surface area contributed by atoms with E-state index in [2.05, 4.69) is 12.2 Å². The van der Waals surface area contributed by atoms with Crippen molar-refractivity contribution in [3.63, 3.8) is 0 Å². The van der Waals surface area contributed by atoms with E-state index < -0.39 is 0 Å². The summed E-state index contributed by atoms with van der Waals surface area (Å²) >= 11 is 0. The van der Waals surface area contributed by atoms with E-state index in [9.17, 15) is 4.79 Å². The maximum Gasteiger partial charge on any atom is 0.123 e. The summed E-state index contributed by atoms with van der Waals surface area (Å²) < 4.78 is 0. The van der Waals surface area contributed by atoms with Crippen LogP contribution < -0.4 is 0 Å². The molecule has 0 aromatic carbocycles. The molecule has 2 aliphatic carbocycles. The zero-order chi connectivity index (χ0) is 6.27. The molecule has 48 valence electrons. The Morgan fingerprint density at radius 3 is 2.56 bits per heavy atom. The zero-order valence-electron chi connectivity index (χ0n) is 5.29. The molecule has 2 aliphatic rings. The largest absolute Gasteiger partial charge is 0.303 e. The van der Waals surface area contributed by atoms with E-state index in [0.29, 0.717) is 11.8 Å². The molecule has 1 nitrogen and oxygen atoms in total. The predicted molar refractivity (Wildman–Crippen MR) is 34.9 cm³/mol. The molecule has 0 spiro atoms. The summed E-state index contributed by atoms with van der Waals surface area (Å²) in [6.07, 6.45) is 7.93. The van der Waals surface area contributed by atoms with Crippen molar-refractivity contribution in [3.8, 4) is 0 Å². The van der Waals surface area contributed by atoms with Crippen molar-refractivity contribution in [1.29, 1.82) is 0 Å². The van der Waals surface area contributed by atoms with Crippen LogP contribution in [0.15, 0.2) is 12.2 Å². The highest BCUT2D eigenvalue weighted by molar-refractivity contribution is 5.56. The molecule has 9 heavy (non-hydrogen) atoms. The average Bonchev–Trinajstić information content (AvgIpc) is 2.45. The monoisotopic (exact) mass is 122 g/mol. The molecule has 1 saturated carbocycles. The Kier molecular flexibility index (Phi) is 0.981. The van der Waals surface area contributed by atoms with Crippen LogP contribution in [0.1, 0.15) is 12.8 Å². The molecule has 0 amide bonds. The van der Waals surface area contributed by atoms with Gasteiger partial charge < -0.3 is 4.79 Å². The normalized spacial score (nSPS) is 46.0. The lowest BCUT2D eigenvalue weighted by Gasteiger charge is -2.08. The van der Waals surface area contributed by atoms with Gasteiger partial charge in [0.2, 0.25) is 0 Å². The van der Waals surface area contributed by atoms with Gasteiger partial charge in [0, 0.05) is 5.92 Å². The number of allylic oxidation sites excluding steroid dienone is 2. The van der Waals surface area contributed by atoms with Gasteiger partial charge in [-0.3, -0.25) is 0 Å². The average molecular weight is 122 g/mol. The van der Waals surface area contributed by atoms with Gasteiger partial charge in [-0.2, -0.15) is 0 Å². The Morgan fingerprint density at radius 2 is 2.22 bits per heavy atom. The topological polar surface area (TPSA) is 17.1 Å². The van der Waals surface area contributed by atoms with Gasteiger partial charge in [-0.1, -0.05) is 12.2 Å². The maximum atomic E-state index is 10.4. The van der Waals surface area contributed by atoms with Crippen molar-refractivity contribution >= 4 is 6.29 Å². The molecule has 0 heterocycles. The first-order valence-electron chi connectivity index (χ1n) is 3.54. The number of carbonyl (C=O) groups is 1. The summed E-state index contributed by atoms with van der Waals surface area (Å²) in [7, 11) is 0. The van der Waals surface area contributed by atoms with E-state index in [-0.39, 0.29) is 0 Å². The lowest BCUT2D eigenvalue weighted by molar-refractivity contribution is -0.111. The number of hydrogen-bond donors (Lipinski definition) is 0. The number of aldehydes is 1. The first-order chi connectivity index (χ1) is 4.40. The van der Waals surface area contributed by atoms with Crippen molar-refractivity contribution in [1.82, 2.24) is 0 Å². The highest BCUT2D eigenvalue weighted by atomic mass is 16.1. The summed E-state index contributed by atoms with van der Waals surface area (Å²) in [4.78, 5) is 10.4. The van der Waals surface area contributed by atoms with Crippen LogP contribution in [0.4, 0.5) is 0 Å². The predicted octanol–water partition coefficient (Wildman–Crippen LogP) is 1.40. The van der Waals surface area contributed by atoms with E-state index in [1.165, 1.54) is 6.42 Å². The van der Waals surface area contributed by atoms with Crippen molar-refractivity contribution < 1.29 is 4.79 Å². The molecular weight excluding hydrogens is 112 g/mol. The lowest BCUT2D eigenvalue weighted by Crippen LogP contribution is -2.07. The molecule has 0 aromatic heterocycles. The zero-order valence-corrected chi connectivity index (χ0v) is 5.29. The van der Waals surface area contributed by atoms with Crippen LogP contribution in [0.2, 0.25) is 0 Å². The molecule has 2 rings (SSSR count). The third-order valence-corrected chi connectivity index (χ3v) is 2.51. The Labute approximate surface area is 54.8 Å². The third-order valence-electron chi connectivity index (χ3n) is 2.51. The van der Waals surface area contributed by atoms with Gasteiger partial charge in [-0.05, 0) is 24.7 Å². The van der Waals surface area contributed by atoms with Crippen molar-refractivity contribution in [2.75, 3.05) is 0 Å². The number of rotatable bonds is 1. The van der Waals surface area contributed by atoms with E-state index in [4.69, 9.17) is 0 Å². The summed E-state index contributed by atoms with van der Waals surface area (Å²) in [5.74, 6) is 1.71. The molecule has 0 aromatic rings. The fraction of sp³-hybridized carbons (Fsp3) is 0.625. The molecular formula is C8H10O. The number of carbonyl (C=O) groups excluding carboxylic acids is 1. The minimum Gasteiger partial charge on any atom is -0.303 e. The highest BCUT2D eigenvalue weighted by Gasteiger charge is 2.34. The van der Waals surface area contributed by atoms with Gasteiger partial charge >= 0.3 is 0 Å². The molecule has 0 aliphatic heterocycles. The Hall–Kier alpha value is -0.590. The molecule has 1 fully saturated rings. The molecule has 2 bridgehead atoms. The highest BCUT2D eigenvalue weighted by Crippen LogP contribution is 2.42. The SMILES string of the molecule is O=C[C@H]1CC2C=CC1C2. The van der Waals surface area contributed by atoms with Gasteiger partial charge in [-0.15, -0.1) is 0 Å². The molecule has 0 radical (unpaired) electrons. The van der Waals surface area contributed by atoms with Crippen molar-refractivity contribution in [2.45, 2.75) is 12.8 Å². The van der Waals surface area contributed by atoms with Gasteiger partial charge in [-0.25, -0.2) is 0 Å². The molecule has 0 saturated heterocycles. The van der Waals surface area contributed by atoms with Crippen LogP contribution in [0.5, 0.6) is 0 Å². The quantitative estimate of drug-likeness (QED) is 0.379. The minimum atomic E-state index is 0.361. The fourth-order valence-electron chi connectivity index (χ4n) is 1.98. The molecule has 0 N–H and O–H groups in total. The van der Waals surface area contributed by atoms with Gasteiger partial charge in [0.15, 0.2) is 0 Å².